The second kappa shape index (κ2) is 10.2. The van der Waals surface area contributed by atoms with Crippen molar-refractivity contribution >= 4 is 5.69 Å². The summed E-state index contributed by atoms with van der Waals surface area (Å²) in [5.41, 5.74) is 8.71. The van der Waals surface area contributed by atoms with Gasteiger partial charge in [0.2, 0.25) is 0 Å². The first-order valence-electron chi connectivity index (χ1n) is 9.46. The minimum atomic E-state index is 0.762. The van der Waals surface area contributed by atoms with Crippen LogP contribution >= 0.6 is 0 Å². The van der Waals surface area contributed by atoms with Crippen LogP contribution in [-0.2, 0) is 6.54 Å². The molecule has 1 aliphatic rings. The molecule has 0 amide bonds. The van der Waals surface area contributed by atoms with Crippen molar-refractivity contribution in [3.63, 3.8) is 0 Å². The van der Waals surface area contributed by atoms with Gasteiger partial charge in [0.25, 0.3) is 0 Å². The zero-order chi connectivity index (χ0) is 18.0. The predicted molar refractivity (Wildman–Crippen MR) is 107 cm³/mol. The highest BCUT2D eigenvalue weighted by Gasteiger charge is 2.12. The summed E-state index contributed by atoms with van der Waals surface area (Å²) in [7, 11) is 2.19. The molecule has 1 aliphatic heterocycles. The number of anilines is 1. The van der Waals surface area contributed by atoms with Crippen LogP contribution in [0.3, 0.4) is 0 Å². The molecule has 26 heavy (non-hydrogen) atoms. The van der Waals surface area contributed by atoms with E-state index < -0.39 is 0 Å². The van der Waals surface area contributed by atoms with Crippen molar-refractivity contribution in [3.8, 4) is 5.75 Å². The Morgan fingerprint density at radius 1 is 0.923 bits per heavy atom. The smallest absolute Gasteiger partial charge is 0.119 e. The van der Waals surface area contributed by atoms with Gasteiger partial charge in [0.15, 0.2) is 0 Å². The van der Waals surface area contributed by atoms with Gasteiger partial charge >= 0.3 is 0 Å². The predicted octanol–water partition coefficient (Wildman–Crippen LogP) is 2.82. The van der Waals surface area contributed by atoms with Crippen molar-refractivity contribution in [1.82, 2.24) is 15.2 Å². The van der Waals surface area contributed by atoms with Gasteiger partial charge in [0.05, 0.1) is 6.61 Å². The quantitative estimate of drug-likeness (QED) is 0.535. The minimum absolute atomic E-state index is 0.762. The Kier molecular flexibility index (Phi) is 7.31. The van der Waals surface area contributed by atoms with Gasteiger partial charge in [-0.25, -0.2) is 5.43 Å². The fourth-order valence-electron chi connectivity index (χ4n) is 3.02. The van der Waals surface area contributed by atoms with Gasteiger partial charge < -0.3 is 20.0 Å². The van der Waals surface area contributed by atoms with Crippen LogP contribution in [0.25, 0.3) is 0 Å². The van der Waals surface area contributed by atoms with Gasteiger partial charge in [-0.3, -0.25) is 0 Å². The van der Waals surface area contributed by atoms with Gasteiger partial charge in [0, 0.05) is 45.0 Å². The Morgan fingerprint density at radius 2 is 1.65 bits per heavy atom. The lowest BCUT2D eigenvalue weighted by atomic mass is 10.2. The Labute approximate surface area is 156 Å². The number of hydrogen-bond acceptors (Lipinski definition) is 5. The van der Waals surface area contributed by atoms with Crippen molar-refractivity contribution in [1.29, 1.82) is 0 Å². The first-order valence-corrected chi connectivity index (χ1v) is 9.46. The first kappa shape index (κ1) is 18.7. The van der Waals surface area contributed by atoms with E-state index in [2.05, 4.69) is 52.0 Å². The highest BCUT2D eigenvalue weighted by molar-refractivity contribution is 5.41. The molecule has 0 radical (unpaired) electrons. The number of para-hydroxylation sites is 1. The van der Waals surface area contributed by atoms with Crippen LogP contribution in [0.2, 0.25) is 0 Å². The van der Waals surface area contributed by atoms with Gasteiger partial charge in [-0.2, -0.15) is 0 Å². The number of rotatable bonds is 9. The maximum Gasteiger partial charge on any atom is 0.119 e. The van der Waals surface area contributed by atoms with Gasteiger partial charge in [-0.05, 0) is 43.3 Å². The van der Waals surface area contributed by atoms with Crippen molar-refractivity contribution in [3.05, 3.63) is 60.2 Å². The van der Waals surface area contributed by atoms with E-state index >= 15 is 0 Å². The third kappa shape index (κ3) is 6.33. The summed E-state index contributed by atoms with van der Waals surface area (Å²) in [6.45, 7) is 7.37. The maximum atomic E-state index is 5.87. The maximum absolute atomic E-state index is 5.87. The Morgan fingerprint density at radius 3 is 2.38 bits per heavy atom. The summed E-state index contributed by atoms with van der Waals surface area (Å²) in [5.74, 6) is 0.947. The topological polar surface area (TPSA) is 39.8 Å². The second-order valence-electron chi connectivity index (χ2n) is 6.84. The molecule has 1 saturated heterocycles. The average molecular weight is 354 g/mol. The molecular formula is C21H30N4O. The average Bonchev–Trinajstić information content (AvgIpc) is 2.69. The SMILES string of the molecule is CN1CCN(CCCOc2ccc(CNNc3ccccc3)cc2)CC1. The molecule has 1 heterocycles. The Bertz CT molecular complexity index is 624. The number of nitrogens with one attached hydrogen (secondary N) is 2. The second-order valence-corrected chi connectivity index (χ2v) is 6.84. The van der Waals surface area contributed by atoms with Crippen molar-refractivity contribution in [2.45, 2.75) is 13.0 Å². The number of hydrazine groups is 1. The van der Waals surface area contributed by atoms with Crippen LogP contribution in [0.5, 0.6) is 5.75 Å². The van der Waals surface area contributed by atoms with Crippen molar-refractivity contribution in [2.75, 3.05) is 51.8 Å². The van der Waals surface area contributed by atoms with Gasteiger partial charge in [-0.1, -0.05) is 30.3 Å². The monoisotopic (exact) mass is 354 g/mol. The number of nitrogens with zero attached hydrogens (tertiary/aromatic N) is 2. The minimum Gasteiger partial charge on any atom is -0.494 e. The third-order valence-corrected chi connectivity index (χ3v) is 4.71. The fourth-order valence-corrected chi connectivity index (χ4v) is 3.02. The van der Waals surface area contributed by atoms with Crippen LogP contribution in [0.4, 0.5) is 5.69 Å². The lowest BCUT2D eigenvalue weighted by molar-refractivity contribution is 0.145. The van der Waals surface area contributed by atoms with Crippen molar-refractivity contribution < 1.29 is 4.74 Å². The summed E-state index contributed by atoms with van der Waals surface area (Å²) in [6, 6.07) is 18.4. The molecule has 3 rings (SSSR count). The van der Waals surface area contributed by atoms with Crippen LogP contribution in [0, 0.1) is 0 Å². The molecule has 2 aromatic carbocycles. The summed E-state index contributed by atoms with van der Waals surface area (Å²) < 4.78 is 5.87. The summed E-state index contributed by atoms with van der Waals surface area (Å²) in [5, 5.41) is 0. The molecule has 0 aliphatic carbocycles. The molecule has 0 spiro atoms. The zero-order valence-corrected chi connectivity index (χ0v) is 15.7. The van der Waals surface area contributed by atoms with E-state index in [0.717, 1.165) is 37.6 Å². The first-order chi connectivity index (χ1) is 12.8. The molecule has 0 aromatic heterocycles. The number of ether oxygens (including phenoxy) is 1. The van der Waals surface area contributed by atoms with E-state index in [1.807, 2.05) is 30.3 Å². The van der Waals surface area contributed by atoms with E-state index in [9.17, 15) is 0 Å². The van der Waals surface area contributed by atoms with Crippen LogP contribution in [0.15, 0.2) is 54.6 Å². The molecule has 2 aromatic rings. The van der Waals surface area contributed by atoms with Gasteiger partial charge in [0.1, 0.15) is 5.75 Å². The fraction of sp³-hybridized carbons (Fsp3) is 0.429. The third-order valence-electron chi connectivity index (χ3n) is 4.71. The normalized spacial score (nSPS) is 15.7. The van der Waals surface area contributed by atoms with Crippen LogP contribution in [0.1, 0.15) is 12.0 Å². The molecule has 0 unspecified atom stereocenters. The molecule has 1 fully saturated rings. The van der Waals surface area contributed by atoms with Crippen molar-refractivity contribution in [2.24, 2.45) is 0 Å². The molecule has 2 N–H and O–H groups in total. The van der Waals surface area contributed by atoms with E-state index in [1.54, 1.807) is 0 Å². The number of benzene rings is 2. The highest BCUT2D eigenvalue weighted by atomic mass is 16.5. The molecule has 0 atom stereocenters. The molecule has 5 nitrogen and oxygen atoms in total. The van der Waals surface area contributed by atoms with E-state index in [0.29, 0.717) is 0 Å². The van der Waals surface area contributed by atoms with E-state index in [4.69, 9.17) is 4.74 Å². The molecule has 5 heteroatoms. The lowest BCUT2D eigenvalue weighted by Crippen LogP contribution is -2.44. The number of hydrogen-bond donors (Lipinski definition) is 2. The largest absolute Gasteiger partial charge is 0.494 e. The van der Waals surface area contributed by atoms with E-state index in [1.165, 1.54) is 31.7 Å². The standard InChI is InChI=1S/C21H30N4O/c1-24-13-15-25(16-14-24)12-5-17-26-21-10-8-19(9-11-21)18-22-23-20-6-3-2-4-7-20/h2-4,6-11,22-23H,5,12-18H2,1H3. The zero-order valence-electron chi connectivity index (χ0n) is 15.7. The Balaban J connectivity index is 1.30. The number of piperazine rings is 1. The molecule has 0 bridgehead atoms. The Hall–Kier alpha value is -2.08. The van der Waals surface area contributed by atoms with Gasteiger partial charge in [-0.15, -0.1) is 0 Å². The molecular weight excluding hydrogens is 324 g/mol. The summed E-state index contributed by atoms with van der Waals surface area (Å²) in [6.07, 6.45) is 1.08. The number of likely N-dealkylation sites (N-methyl/N-ethyl adjacent to an activating group) is 1. The molecule has 0 saturated carbocycles. The van der Waals surface area contributed by atoms with E-state index in [-0.39, 0.29) is 0 Å². The summed E-state index contributed by atoms with van der Waals surface area (Å²) in [4.78, 5) is 4.91. The van der Waals surface area contributed by atoms with Crippen LogP contribution < -0.4 is 15.6 Å². The van der Waals surface area contributed by atoms with Crippen LogP contribution in [-0.4, -0.2) is 56.2 Å². The molecule has 140 valence electrons. The highest BCUT2D eigenvalue weighted by Crippen LogP contribution is 2.13. The summed E-state index contributed by atoms with van der Waals surface area (Å²) >= 11 is 0. The lowest BCUT2D eigenvalue weighted by Gasteiger charge is -2.32.